The van der Waals surface area contributed by atoms with Gasteiger partial charge in [0.2, 0.25) is 0 Å². The molecule has 0 saturated heterocycles. The Morgan fingerprint density at radius 2 is 2.00 bits per heavy atom. The van der Waals surface area contributed by atoms with Crippen molar-refractivity contribution in [1.29, 1.82) is 0 Å². The topological polar surface area (TPSA) is 21.3 Å². The number of ether oxygens (including phenoxy) is 1. The fourth-order valence-electron chi connectivity index (χ4n) is 3.37. The van der Waals surface area contributed by atoms with Crippen molar-refractivity contribution in [2.45, 2.75) is 57.9 Å². The van der Waals surface area contributed by atoms with Crippen LogP contribution in [0.1, 0.15) is 57.4 Å². The standard InChI is InChI=1S/C18H28FNO/c1-13(2)20-12-15-7-5-4-6-8-16(15)14-9-10-18(21-3)17(19)11-14/h9-11,13,15-16,20H,4-8,12H2,1-3H3. The summed E-state index contributed by atoms with van der Waals surface area (Å²) in [5.74, 6) is 1.15. The monoisotopic (exact) mass is 293 g/mol. The third-order valence-corrected chi connectivity index (χ3v) is 4.55. The minimum atomic E-state index is -0.241. The minimum absolute atomic E-state index is 0.241. The molecule has 0 radical (unpaired) electrons. The van der Waals surface area contributed by atoms with Crippen LogP contribution < -0.4 is 10.1 Å². The molecule has 0 spiro atoms. The average Bonchev–Trinajstić information content (AvgIpc) is 2.70. The Bertz CT molecular complexity index is 447. The first kappa shape index (κ1) is 16.3. The maximum atomic E-state index is 14.0. The minimum Gasteiger partial charge on any atom is -0.494 e. The lowest BCUT2D eigenvalue weighted by atomic mass is 9.82. The van der Waals surface area contributed by atoms with Crippen molar-refractivity contribution in [2.24, 2.45) is 5.92 Å². The number of halogens is 1. The van der Waals surface area contributed by atoms with Gasteiger partial charge in [-0.2, -0.15) is 0 Å². The van der Waals surface area contributed by atoms with E-state index in [0.717, 1.165) is 18.5 Å². The Morgan fingerprint density at radius 1 is 1.24 bits per heavy atom. The molecule has 2 nitrogen and oxygen atoms in total. The molecule has 1 aliphatic carbocycles. The summed E-state index contributed by atoms with van der Waals surface area (Å²) in [6.45, 7) is 5.38. The summed E-state index contributed by atoms with van der Waals surface area (Å²) in [5, 5.41) is 3.56. The van der Waals surface area contributed by atoms with Gasteiger partial charge in [0.15, 0.2) is 11.6 Å². The molecule has 0 amide bonds. The molecule has 0 bridgehead atoms. The van der Waals surface area contributed by atoms with Gasteiger partial charge in [-0.3, -0.25) is 0 Å². The Kier molecular flexibility index (Phi) is 6.04. The molecule has 0 aliphatic heterocycles. The van der Waals surface area contributed by atoms with Gasteiger partial charge in [0.1, 0.15) is 0 Å². The summed E-state index contributed by atoms with van der Waals surface area (Å²) in [6, 6.07) is 5.99. The van der Waals surface area contributed by atoms with Crippen molar-refractivity contribution < 1.29 is 9.13 Å². The van der Waals surface area contributed by atoms with Crippen LogP contribution in [0.15, 0.2) is 18.2 Å². The molecule has 0 heterocycles. The lowest BCUT2D eigenvalue weighted by Crippen LogP contribution is -2.31. The van der Waals surface area contributed by atoms with Crippen LogP contribution in [-0.4, -0.2) is 19.7 Å². The fourth-order valence-corrected chi connectivity index (χ4v) is 3.37. The third-order valence-electron chi connectivity index (χ3n) is 4.55. The summed E-state index contributed by atoms with van der Waals surface area (Å²) in [5.41, 5.74) is 1.13. The van der Waals surface area contributed by atoms with Gasteiger partial charge in [0, 0.05) is 6.04 Å². The van der Waals surface area contributed by atoms with Gasteiger partial charge in [0.25, 0.3) is 0 Å². The van der Waals surface area contributed by atoms with Crippen LogP contribution in [0.4, 0.5) is 4.39 Å². The average molecular weight is 293 g/mol. The number of nitrogens with one attached hydrogen (secondary N) is 1. The predicted octanol–water partition coefficient (Wildman–Crippen LogP) is 4.50. The van der Waals surface area contributed by atoms with E-state index in [0.29, 0.717) is 23.6 Å². The quantitative estimate of drug-likeness (QED) is 0.807. The van der Waals surface area contributed by atoms with Gasteiger partial charge in [-0.05, 0) is 48.9 Å². The highest BCUT2D eigenvalue weighted by atomic mass is 19.1. The highest BCUT2D eigenvalue weighted by Crippen LogP contribution is 2.37. The zero-order valence-electron chi connectivity index (χ0n) is 13.5. The Morgan fingerprint density at radius 3 is 2.67 bits per heavy atom. The van der Waals surface area contributed by atoms with Gasteiger partial charge in [-0.15, -0.1) is 0 Å². The second-order valence-corrected chi connectivity index (χ2v) is 6.46. The molecular weight excluding hydrogens is 265 g/mol. The van der Waals surface area contributed by atoms with Gasteiger partial charge >= 0.3 is 0 Å². The Hall–Kier alpha value is -1.09. The largest absolute Gasteiger partial charge is 0.494 e. The van der Waals surface area contributed by atoms with Crippen molar-refractivity contribution in [2.75, 3.05) is 13.7 Å². The van der Waals surface area contributed by atoms with Crippen LogP contribution in [0.5, 0.6) is 5.75 Å². The molecular formula is C18H28FNO. The lowest BCUT2D eigenvalue weighted by molar-refractivity contribution is 0.359. The zero-order chi connectivity index (χ0) is 15.2. The van der Waals surface area contributed by atoms with Gasteiger partial charge < -0.3 is 10.1 Å². The molecule has 2 unspecified atom stereocenters. The van der Waals surface area contributed by atoms with Crippen molar-refractivity contribution >= 4 is 0 Å². The summed E-state index contributed by atoms with van der Waals surface area (Å²) < 4.78 is 19.0. The maximum Gasteiger partial charge on any atom is 0.165 e. The highest BCUT2D eigenvalue weighted by molar-refractivity contribution is 5.31. The van der Waals surface area contributed by atoms with E-state index in [2.05, 4.69) is 19.2 Å². The number of rotatable bonds is 5. The lowest BCUT2D eigenvalue weighted by Gasteiger charge is -2.27. The van der Waals surface area contributed by atoms with E-state index in [1.54, 1.807) is 12.1 Å². The van der Waals surface area contributed by atoms with E-state index < -0.39 is 0 Å². The maximum absolute atomic E-state index is 14.0. The molecule has 1 aromatic carbocycles. The first-order chi connectivity index (χ1) is 10.1. The van der Waals surface area contributed by atoms with Crippen LogP contribution in [-0.2, 0) is 0 Å². The first-order valence-electron chi connectivity index (χ1n) is 8.18. The molecule has 1 aliphatic rings. The molecule has 0 aromatic heterocycles. The van der Waals surface area contributed by atoms with E-state index in [4.69, 9.17) is 4.74 Å². The highest BCUT2D eigenvalue weighted by Gasteiger charge is 2.25. The van der Waals surface area contributed by atoms with E-state index in [1.165, 1.54) is 32.8 Å². The zero-order valence-corrected chi connectivity index (χ0v) is 13.5. The summed E-state index contributed by atoms with van der Waals surface area (Å²) >= 11 is 0. The van der Waals surface area contributed by atoms with Crippen LogP contribution >= 0.6 is 0 Å². The van der Waals surface area contributed by atoms with Crippen LogP contribution in [0.3, 0.4) is 0 Å². The van der Waals surface area contributed by atoms with E-state index in [1.807, 2.05) is 6.07 Å². The number of methoxy groups -OCH3 is 1. The second-order valence-electron chi connectivity index (χ2n) is 6.46. The predicted molar refractivity (Wildman–Crippen MR) is 85.4 cm³/mol. The summed E-state index contributed by atoms with van der Waals surface area (Å²) in [6.07, 6.45) is 6.23. The Balaban J connectivity index is 2.17. The van der Waals surface area contributed by atoms with Crippen LogP contribution in [0.25, 0.3) is 0 Å². The molecule has 1 N–H and O–H groups in total. The van der Waals surface area contributed by atoms with E-state index >= 15 is 0 Å². The third kappa shape index (κ3) is 4.44. The fraction of sp³-hybridized carbons (Fsp3) is 0.667. The summed E-state index contributed by atoms with van der Waals surface area (Å²) in [4.78, 5) is 0. The number of hydrogen-bond acceptors (Lipinski definition) is 2. The van der Waals surface area contributed by atoms with Crippen molar-refractivity contribution in [3.8, 4) is 5.75 Å². The van der Waals surface area contributed by atoms with Gasteiger partial charge in [0.05, 0.1) is 7.11 Å². The van der Waals surface area contributed by atoms with Crippen molar-refractivity contribution in [1.82, 2.24) is 5.32 Å². The van der Waals surface area contributed by atoms with Gasteiger partial charge in [-0.1, -0.05) is 39.2 Å². The van der Waals surface area contributed by atoms with Crippen molar-refractivity contribution in [3.05, 3.63) is 29.6 Å². The molecule has 1 saturated carbocycles. The normalized spacial score (nSPS) is 23.1. The summed E-state index contributed by atoms with van der Waals surface area (Å²) in [7, 11) is 1.51. The van der Waals surface area contributed by atoms with Crippen LogP contribution in [0, 0.1) is 11.7 Å². The van der Waals surface area contributed by atoms with E-state index in [9.17, 15) is 4.39 Å². The SMILES string of the molecule is COc1ccc(C2CCCCCC2CNC(C)C)cc1F. The first-order valence-corrected chi connectivity index (χ1v) is 8.18. The molecule has 21 heavy (non-hydrogen) atoms. The molecule has 3 heteroatoms. The molecule has 118 valence electrons. The smallest absolute Gasteiger partial charge is 0.165 e. The van der Waals surface area contributed by atoms with E-state index in [-0.39, 0.29) is 5.82 Å². The van der Waals surface area contributed by atoms with Gasteiger partial charge in [-0.25, -0.2) is 4.39 Å². The van der Waals surface area contributed by atoms with Crippen LogP contribution in [0.2, 0.25) is 0 Å². The van der Waals surface area contributed by atoms with Crippen molar-refractivity contribution in [3.63, 3.8) is 0 Å². The molecule has 1 fully saturated rings. The molecule has 2 atom stereocenters. The number of benzene rings is 1. The number of hydrogen-bond donors (Lipinski definition) is 1. The molecule has 1 aromatic rings. The Labute approximate surface area is 128 Å². The molecule has 2 rings (SSSR count). The second kappa shape index (κ2) is 7.79.